The number of esters is 1. The molecule has 0 aliphatic heterocycles. The van der Waals surface area contributed by atoms with E-state index in [1.54, 1.807) is 30.3 Å². The van der Waals surface area contributed by atoms with E-state index in [1.165, 1.54) is 31.5 Å². The van der Waals surface area contributed by atoms with Crippen molar-refractivity contribution in [1.82, 2.24) is 5.43 Å². The number of ether oxygens (including phenoxy) is 3. The average Bonchev–Trinajstić information content (AvgIpc) is 2.94. The second-order valence-corrected chi connectivity index (χ2v) is 8.72. The SMILES string of the molecule is COc1cc(C=NNC(=O)COc2ccc(-c3ccccc3)cc2)ccc1OC(=O)c1ccc(Cl)c(Cl)c1. The summed E-state index contributed by atoms with van der Waals surface area (Å²) in [5.74, 6) is 0.0322. The summed E-state index contributed by atoms with van der Waals surface area (Å²) in [6, 6.07) is 26.7. The third-order valence-corrected chi connectivity index (χ3v) is 6.02. The predicted molar refractivity (Wildman–Crippen MR) is 148 cm³/mol. The van der Waals surface area contributed by atoms with Crippen molar-refractivity contribution in [2.75, 3.05) is 13.7 Å². The molecule has 0 aliphatic carbocycles. The lowest BCUT2D eigenvalue weighted by molar-refractivity contribution is -0.123. The van der Waals surface area contributed by atoms with E-state index in [-0.39, 0.29) is 22.9 Å². The number of rotatable bonds is 9. The van der Waals surface area contributed by atoms with Crippen molar-refractivity contribution >= 4 is 41.3 Å². The predicted octanol–water partition coefficient (Wildman–Crippen LogP) is 6.42. The van der Waals surface area contributed by atoms with Gasteiger partial charge in [-0.05, 0) is 65.2 Å². The minimum absolute atomic E-state index is 0.199. The minimum atomic E-state index is -0.620. The zero-order valence-corrected chi connectivity index (χ0v) is 21.7. The Morgan fingerprint density at radius 2 is 1.58 bits per heavy atom. The van der Waals surface area contributed by atoms with Crippen LogP contribution in [0.4, 0.5) is 0 Å². The van der Waals surface area contributed by atoms with Gasteiger partial charge in [0.2, 0.25) is 0 Å². The lowest BCUT2D eigenvalue weighted by atomic mass is 10.1. The van der Waals surface area contributed by atoms with E-state index < -0.39 is 11.9 Å². The molecule has 0 atom stereocenters. The summed E-state index contributed by atoms with van der Waals surface area (Å²) >= 11 is 11.9. The van der Waals surface area contributed by atoms with Crippen molar-refractivity contribution in [3.63, 3.8) is 0 Å². The van der Waals surface area contributed by atoms with Gasteiger partial charge in [-0.3, -0.25) is 4.79 Å². The minimum Gasteiger partial charge on any atom is -0.493 e. The number of carbonyl (C=O) groups excluding carboxylic acids is 2. The molecule has 0 spiro atoms. The lowest BCUT2D eigenvalue weighted by Gasteiger charge is -2.10. The summed E-state index contributed by atoms with van der Waals surface area (Å²) < 4.78 is 16.3. The molecule has 0 unspecified atom stereocenters. The Balaban J connectivity index is 1.29. The fraction of sp³-hybridized carbons (Fsp3) is 0.0690. The van der Waals surface area contributed by atoms with E-state index in [1.807, 2.05) is 42.5 Å². The molecule has 7 nitrogen and oxygen atoms in total. The summed E-state index contributed by atoms with van der Waals surface area (Å²) in [5.41, 5.74) is 5.41. The maximum atomic E-state index is 12.5. The van der Waals surface area contributed by atoms with Gasteiger partial charge < -0.3 is 14.2 Å². The van der Waals surface area contributed by atoms with Gasteiger partial charge in [0, 0.05) is 0 Å². The van der Waals surface area contributed by atoms with E-state index in [4.69, 9.17) is 37.4 Å². The van der Waals surface area contributed by atoms with Gasteiger partial charge in [0.15, 0.2) is 18.1 Å². The smallest absolute Gasteiger partial charge is 0.343 e. The number of hydrogen-bond acceptors (Lipinski definition) is 6. The first-order valence-electron chi connectivity index (χ1n) is 11.4. The Bertz CT molecular complexity index is 1460. The number of hydrazone groups is 1. The van der Waals surface area contributed by atoms with Crippen molar-refractivity contribution in [3.8, 4) is 28.4 Å². The van der Waals surface area contributed by atoms with Crippen LogP contribution in [0.3, 0.4) is 0 Å². The largest absolute Gasteiger partial charge is 0.493 e. The summed E-state index contributed by atoms with van der Waals surface area (Å²) in [6.45, 7) is -0.199. The Kier molecular flexibility index (Phi) is 8.98. The molecule has 1 amide bonds. The lowest BCUT2D eigenvalue weighted by Crippen LogP contribution is -2.24. The molecule has 9 heteroatoms. The normalized spacial score (nSPS) is 10.7. The molecule has 0 bridgehead atoms. The molecule has 0 saturated carbocycles. The van der Waals surface area contributed by atoms with Crippen LogP contribution in [-0.2, 0) is 4.79 Å². The number of benzene rings is 4. The maximum Gasteiger partial charge on any atom is 0.343 e. The number of carbonyl (C=O) groups is 2. The van der Waals surface area contributed by atoms with Gasteiger partial charge >= 0.3 is 5.97 Å². The summed E-state index contributed by atoms with van der Waals surface area (Å²) in [6.07, 6.45) is 1.43. The number of halogens is 2. The number of nitrogens with one attached hydrogen (secondary N) is 1. The van der Waals surface area contributed by atoms with Crippen LogP contribution in [0.25, 0.3) is 11.1 Å². The molecule has 0 heterocycles. The standard InChI is InChI=1S/C29H22Cl2N2O5/c1-36-27-15-19(7-14-26(27)38-29(35)22-10-13-24(30)25(31)16-22)17-32-33-28(34)18-37-23-11-8-21(9-12-23)20-5-3-2-4-6-20/h2-17H,18H2,1H3,(H,33,34). The number of amides is 1. The van der Waals surface area contributed by atoms with Gasteiger partial charge in [-0.25, -0.2) is 10.2 Å². The highest BCUT2D eigenvalue weighted by molar-refractivity contribution is 6.42. The van der Waals surface area contributed by atoms with Crippen LogP contribution >= 0.6 is 23.2 Å². The summed E-state index contributed by atoms with van der Waals surface area (Å²) in [7, 11) is 1.44. The van der Waals surface area contributed by atoms with E-state index in [9.17, 15) is 9.59 Å². The molecule has 0 fully saturated rings. The zero-order valence-electron chi connectivity index (χ0n) is 20.2. The molecule has 4 aromatic carbocycles. The van der Waals surface area contributed by atoms with Crippen LogP contribution in [0, 0.1) is 0 Å². The first-order chi connectivity index (χ1) is 18.4. The Morgan fingerprint density at radius 1 is 0.842 bits per heavy atom. The first kappa shape index (κ1) is 26.7. The van der Waals surface area contributed by atoms with Crippen LogP contribution in [0.15, 0.2) is 96.1 Å². The third-order valence-electron chi connectivity index (χ3n) is 5.28. The molecule has 0 radical (unpaired) electrons. The van der Waals surface area contributed by atoms with Crippen LogP contribution in [0.5, 0.6) is 17.2 Å². The summed E-state index contributed by atoms with van der Waals surface area (Å²) in [4.78, 5) is 24.6. The van der Waals surface area contributed by atoms with Crippen LogP contribution < -0.4 is 19.6 Å². The fourth-order valence-electron chi connectivity index (χ4n) is 3.36. The molecule has 4 aromatic rings. The highest BCUT2D eigenvalue weighted by atomic mass is 35.5. The second kappa shape index (κ2) is 12.8. The number of nitrogens with zero attached hydrogens (tertiary/aromatic N) is 1. The van der Waals surface area contributed by atoms with Gasteiger partial charge in [-0.15, -0.1) is 0 Å². The Hall–Kier alpha value is -4.33. The molecule has 0 aliphatic rings. The van der Waals surface area contributed by atoms with E-state index in [0.29, 0.717) is 22.1 Å². The van der Waals surface area contributed by atoms with Crippen LogP contribution in [0.1, 0.15) is 15.9 Å². The van der Waals surface area contributed by atoms with E-state index in [2.05, 4.69) is 10.5 Å². The quantitative estimate of drug-likeness (QED) is 0.113. The van der Waals surface area contributed by atoms with Crippen LogP contribution in [0.2, 0.25) is 10.0 Å². The third kappa shape index (κ3) is 7.12. The maximum absolute atomic E-state index is 12.5. The van der Waals surface area contributed by atoms with Crippen LogP contribution in [-0.4, -0.2) is 31.8 Å². The van der Waals surface area contributed by atoms with Gasteiger partial charge in [0.1, 0.15) is 5.75 Å². The second-order valence-electron chi connectivity index (χ2n) is 7.90. The first-order valence-corrected chi connectivity index (χ1v) is 12.1. The van der Waals surface area contributed by atoms with Crippen molar-refractivity contribution in [1.29, 1.82) is 0 Å². The van der Waals surface area contributed by atoms with E-state index in [0.717, 1.165) is 11.1 Å². The van der Waals surface area contributed by atoms with Gasteiger partial charge in [-0.2, -0.15) is 5.10 Å². The van der Waals surface area contributed by atoms with Gasteiger partial charge in [0.05, 0.1) is 28.9 Å². The molecular weight excluding hydrogens is 527 g/mol. The van der Waals surface area contributed by atoms with Gasteiger partial charge in [0.25, 0.3) is 5.91 Å². The highest BCUT2D eigenvalue weighted by Gasteiger charge is 2.14. The van der Waals surface area contributed by atoms with Crippen molar-refractivity contribution in [2.45, 2.75) is 0 Å². The van der Waals surface area contributed by atoms with Gasteiger partial charge in [-0.1, -0.05) is 65.7 Å². The molecule has 0 aromatic heterocycles. The highest BCUT2D eigenvalue weighted by Crippen LogP contribution is 2.29. The molecule has 0 saturated heterocycles. The Labute approximate surface area is 229 Å². The average molecular weight is 549 g/mol. The molecule has 4 rings (SSSR count). The molecular formula is C29H22Cl2N2O5. The van der Waals surface area contributed by atoms with E-state index >= 15 is 0 Å². The number of methoxy groups -OCH3 is 1. The van der Waals surface area contributed by atoms with Crippen molar-refractivity contribution in [2.24, 2.45) is 5.10 Å². The zero-order chi connectivity index (χ0) is 26.9. The topological polar surface area (TPSA) is 86.2 Å². The molecule has 38 heavy (non-hydrogen) atoms. The van der Waals surface area contributed by atoms with Crippen molar-refractivity contribution in [3.05, 3.63) is 112 Å². The molecule has 192 valence electrons. The van der Waals surface area contributed by atoms with Crippen molar-refractivity contribution < 1.29 is 23.8 Å². The number of hydrogen-bond donors (Lipinski definition) is 1. The Morgan fingerprint density at radius 3 is 2.29 bits per heavy atom. The monoisotopic (exact) mass is 548 g/mol. The fourth-order valence-corrected chi connectivity index (χ4v) is 3.66. The molecule has 1 N–H and O–H groups in total. The summed E-state index contributed by atoms with van der Waals surface area (Å²) in [5, 5.41) is 4.52.